The zero-order chi connectivity index (χ0) is 23.9. The maximum atomic E-state index is 13.3. The van der Waals surface area contributed by atoms with Crippen LogP contribution in [0.4, 0.5) is 0 Å². The Hall–Kier alpha value is -3.24. The second-order valence-corrected chi connectivity index (χ2v) is 10.9. The van der Waals surface area contributed by atoms with E-state index in [2.05, 4.69) is 20.6 Å². The van der Waals surface area contributed by atoms with Crippen LogP contribution in [0.2, 0.25) is 0 Å². The topological polar surface area (TPSA) is 124 Å². The highest BCUT2D eigenvalue weighted by Gasteiger charge is 2.65. The molecule has 2 amide bonds. The molecular weight excluding hydrogens is 454 g/mol. The Morgan fingerprint density at radius 2 is 1.82 bits per heavy atom. The summed E-state index contributed by atoms with van der Waals surface area (Å²) in [6, 6.07) is 15.0. The van der Waals surface area contributed by atoms with E-state index in [1.165, 1.54) is 23.5 Å². The van der Waals surface area contributed by atoms with E-state index in [-0.39, 0.29) is 29.2 Å². The van der Waals surface area contributed by atoms with Crippen LogP contribution >= 0.6 is 0 Å². The van der Waals surface area contributed by atoms with Gasteiger partial charge < -0.3 is 15.6 Å². The molecular formula is C24H27N5O4S. The molecule has 3 atom stereocenters. The average Bonchev–Trinajstić information content (AvgIpc) is 3.18. The summed E-state index contributed by atoms with van der Waals surface area (Å²) in [6.45, 7) is 0.583. The number of nitrogens with zero attached hydrogens (tertiary/aromatic N) is 2. The van der Waals surface area contributed by atoms with E-state index in [0.29, 0.717) is 25.8 Å². The molecule has 34 heavy (non-hydrogen) atoms. The molecule has 0 unspecified atom stereocenters. The predicted molar refractivity (Wildman–Crippen MR) is 126 cm³/mol. The van der Waals surface area contributed by atoms with Crippen molar-refractivity contribution in [1.82, 2.24) is 24.9 Å². The van der Waals surface area contributed by atoms with Crippen molar-refractivity contribution in [3.05, 3.63) is 60.4 Å². The molecule has 1 aliphatic heterocycles. The maximum absolute atomic E-state index is 13.3. The first kappa shape index (κ1) is 22.5. The van der Waals surface area contributed by atoms with E-state index >= 15 is 0 Å². The Morgan fingerprint density at radius 1 is 1.09 bits per heavy atom. The molecule has 3 N–H and O–H groups in total. The summed E-state index contributed by atoms with van der Waals surface area (Å²) in [7, 11) is -2.36. The number of rotatable bonds is 7. The Balaban J connectivity index is 1.25. The lowest BCUT2D eigenvalue weighted by Gasteiger charge is -2.22. The van der Waals surface area contributed by atoms with Gasteiger partial charge in [-0.3, -0.25) is 9.59 Å². The van der Waals surface area contributed by atoms with Gasteiger partial charge in [0.15, 0.2) is 0 Å². The van der Waals surface area contributed by atoms with Crippen LogP contribution in [0.5, 0.6) is 0 Å². The first-order chi connectivity index (χ1) is 16.3. The number of H-pyrrole nitrogens is 1. The monoisotopic (exact) mass is 481 g/mol. The van der Waals surface area contributed by atoms with Gasteiger partial charge in [-0.1, -0.05) is 30.3 Å². The number of aromatic nitrogens is 2. The van der Waals surface area contributed by atoms with E-state index in [1.807, 2.05) is 24.3 Å². The molecule has 2 heterocycles. The van der Waals surface area contributed by atoms with Crippen LogP contribution in [0.3, 0.4) is 0 Å². The number of aromatic amines is 1. The SMILES string of the molecule is CNC(=O)[C@@H]1C[C@@]2(C[C@@H]2C(=O)NCCc2nc3ccccc3[nH]2)CN1S(=O)(=O)c1ccccc1. The largest absolute Gasteiger partial charge is 0.358 e. The number of likely N-dealkylation sites (N-methyl/N-ethyl adjacent to an activating group) is 1. The Morgan fingerprint density at radius 3 is 2.56 bits per heavy atom. The molecule has 0 radical (unpaired) electrons. The summed E-state index contributed by atoms with van der Waals surface area (Å²) in [5.74, 6) is 0.0250. The van der Waals surface area contributed by atoms with Crippen LogP contribution in [-0.4, -0.2) is 60.7 Å². The van der Waals surface area contributed by atoms with Gasteiger partial charge in [0.2, 0.25) is 21.8 Å². The number of carbonyl (C=O) groups excluding carboxylic acids is 2. The van der Waals surface area contributed by atoms with E-state index in [9.17, 15) is 18.0 Å². The Kier molecular flexibility index (Phi) is 5.65. The molecule has 1 aromatic heterocycles. The highest BCUT2D eigenvalue weighted by atomic mass is 32.2. The predicted octanol–water partition coefficient (Wildman–Crippen LogP) is 1.44. The Labute approximate surface area is 198 Å². The fourth-order valence-corrected chi connectivity index (χ4v) is 6.72. The lowest BCUT2D eigenvalue weighted by atomic mass is 9.99. The molecule has 2 aliphatic rings. The number of benzene rings is 2. The number of carbonyl (C=O) groups is 2. The van der Waals surface area contributed by atoms with Gasteiger partial charge in [-0.15, -0.1) is 0 Å². The quantitative estimate of drug-likeness (QED) is 0.471. The molecule has 1 aliphatic carbocycles. The second kappa shape index (κ2) is 8.52. The lowest BCUT2D eigenvalue weighted by molar-refractivity contribution is -0.124. The summed E-state index contributed by atoms with van der Waals surface area (Å²) in [4.78, 5) is 33.4. The van der Waals surface area contributed by atoms with E-state index < -0.39 is 21.5 Å². The first-order valence-corrected chi connectivity index (χ1v) is 12.8. The van der Waals surface area contributed by atoms with Gasteiger partial charge in [-0.05, 0) is 42.5 Å². The molecule has 9 nitrogen and oxygen atoms in total. The fraction of sp³-hybridized carbons (Fsp3) is 0.375. The van der Waals surface area contributed by atoms with Crippen molar-refractivity contribution in [3.63, 3.8) is 0 Å². The van der Waals surface area contributed by atoms with Gasteiger partial charge in [0.05, 0.1) is 15.9 Å². The molecule has 10 heteroatoms. The van der Waals surface area contributed by atoms with Gasteiger partial charge in [0.25, 0.3) is 0 Å². The van der Waals surface area contributed by atoms with Crippen LogP contribution in [0, 0.1) is 11.3 Å². The normalized spacial score (nSPS) is 24.4. The second-order valence-electron chi connectivity index (χ2n) is 9.06. The van der Waals surface area contributed by atoms with Gasteiger partial charge >= 0.3 is 0 Å². The number of fused-ring (bicyclic) bond motifs is 1. The van der Waals surface area contributed by atoms with Gasteiger partial charge in [0, 0.05) is 32.5 Å². The smallest absolute Gasteiger partial charge is 0.243 e. The molecule has 0 bridgehead atoms. The third-order valence-corrected chi connectivity index (χ3v) is 8.79. The minimum atomic E-state index is -3.86. The number of para-hydroxylation sites is 2. The first-order valence-electron chi connectivity index (χ1n) is 11.3. The molecule has 5 rings (SSSR count). The zero-order valence-electron chi connectivity index (χ0n) is 18.8. The van der Waals surface area contributed by atoms with Crippen molar-refractivity contribution in [2.24, 2.45) is 11.3 Å². The minimum Gasteiger partial charge on any atom is -0.358 e. The number of sulfonamides is 1. The van der Waals surface area contributed by atoms with Gasteiger partial charge in [0.1, 0.15) is 11.9 Å². The fourth-order valence-electron chi connectivity index (χ4n) is 5.01. The number of amides is 2. The summed E-state index contributed by atoms with van der Waals surface area (Å²) < 4.78 is 27.9. The average molecular weight is 482 g/mol. The van der Waals surface area contributed by atoms with Crippen LogP contribution in [0.15, 0.2) is 59.5 Å². The maximum Gasteiger partial charge on any atom is 0.243 e. The molecule has 2 fully saturated rings. The number of imidazole rings is 1. The standard InChI is InChI=1S/C24H27N5O4S/c1-25-23(31)20-14-24(15-29(20)34(32,33)16-7-3-2-4-8-16)13-17(24)22(30)26-12-11-21-27-18-9-5-6-10-19(18)28-21/h2-10,17,20H,11-15H2,1H3,(H,25,31)(H,26,30)(H,27,28)/t17-,20+,24+/m1/s1. The van der Waals surface area contributed by atoms with Crippen LogP contribution in [-0.2, 0) is 26.0 Å². The van der Waals surface area contributed by atoms with E-state index in [0.717, 1.165) is 16.9 Å². The Bertz CT molecular complexity index is 1310. The number of hydrogen-bond acceptors (Lipinski definition) is 5. The molecule has 3 aromatic rings. The van der Waals surface area contributed by atoms with Crippen molar-refractivity contribution in [1.29, 1.82) is 0 Å². The van der Waals surface area contributed by atoms with E-state index in [1.54, 1.807) is 18.2 Å². The van der Waals surface area contributed by atoms with Crippen LogP contribution < -0.4 is 10.6 Å². The third kappa shape index (κ3) is 3.97. The molecule has 1 spiro atoms. The van der Waals surface area contributed by atoms with Crippen molar-refractivity contribution < 1.29 is 18.0 Å². The van der Waals surface area contributed by atoms with Crippen molar-refractivity contribution in [3.8, 4) is 0 Å². The molecule has 1 saturated carbocycles. The van der Waals surface area contributed by atoms with E-state index in [4.69, 9.17) is 0 Å². The van der Waals surface area contributed by atoms with Crippen molar-refractivity contribution >= 4 is 32.9 Å². The highest BCUT2D eigenvalue weighted by Crippen LogP contribution is 2.60. The van der Waals surface area contributed by atoms with Crippen LogP contribution in [0.1, 0.15) is 18.7 Å². The lowest BCUT2D eigenvalue weighted by Crippen LogP contribution is -2.44. The zero-order valence-corrected chi connectivity index (χ0v) is 19.6. The summed E-state index contributed by atoms with van der Waals surface area (Å²) in [5, 5.41) is 5.54. The molecule has 178 valence electrons. The number of hydrogen-bond donors (Lipinski definition) is 3. The van der Waals surface area contributed by atoms with Crippen molar-refractivity contribution in [2.45, 2.75) is 30.2 Å². The van der Waals surface area contributed by atoms with Gasteiger partial charge in [-0.2, -0.15) is 4.31 Å². The summed E-state index contributed by atoms with van der Waals surface area (Å²) >= 11 is 0. The minimum absolute atomic E-state index is 0.106. The molecule has 1 saturated heterocycles. The van der Waals surface area contributed by atoms with Crippen molar-refractivity contribution in [2.75, 3.05) is 20.1 Å². The highest BCUT2D eigenvalue weighted by molar-refractivity contribution is 7.89. The molecule has 2 aromatic carbocycles. The van der Waals surface area contributed by atoms with Gasteiger partial charge in [-0.25, -0.2) is 13.4 Å². The summed E-state index contributed by atoms with van der Waals surface area (Å²) in [6.07, 6.45) is 1.47. The van der Waals surface area contributed by atoms with Crippen LogP contribution in [0.25, 0.3) is 11.0 Å². The third-order valence-electron chi connectivity index (χ3n) is 6.92. The summed E-state index contributed by atoms with van der Waals surface area (Å²) in [5.41, 5.74) is 1.33. The number of nitrogens with one attached hydrogen (secondary N) is 3.